The number of likely N-dealkylation sites (tertiary alicyclic amines) is 1. The van der Waals surface area contributed by atoms with Crippen LogP contribution in [0.5, 0.6) is 5.75 Å². The molecule has 1 aliphatic heterocycles. The second-order valence-corrected chi connectivity index (χ2v) is 7.86. The summed E-state index contributed by atoms with van der Waals surface area (Å²) >= 11 is 1.92. The van der Waals surface area contributed by atoms with E-state index in [4.69, 9.17) is 4.74 Å². The van der Waals surface area contributed by atoms with E-state index >= 15 is 0 Å². The summed E-state index contributed by atoms with van der Waals surface area (Å²) in [5, 5.41) is 2.21. The van der Waals surface area contributed by atoms with Crippen molar-refractivity contribution < 1.29 is 4.74 Å². The van der Waals surface area contributed by atoms with Crippen LogP contribution in [0.3, 0.4) is 0 Å². The summed E-state index contributed by atoms with van der Waals surface area (Å²) in [5.41, 5.74) is 3.00. The summed E-state index contributed by atoms with van der Waals surface area (Å²) in [6, 6.07) is 11.1. The summed E-state index contributed by atoms with van der Waals surface area (Å²) in [7, 11) is 1.80. The second kappa shape index (κ2) is 6.66. The number of methoxy groups -OCH3 is 1. The highest BCUT2D eigenvalue weighted by molar-refractivity contribution is 7.10. The van der Waals surface area contributed by atoms with Gasteiger partial charge in [0.2, 0.25) is 0 Å². The van der Waals surface area contributed by atoms with Gasteiger partial charge in [-0.2, -0.15) is 0 Å². The molecule has 0 radical (unpaired) electrons. The monoisotopic (exact) mass is 327 g/mol. The van der Waals surface area contributed by atoms with Gasteiger partial charge in [0.25, 0.3) is 0 Å². The number of rotatable bonds is 4. The molecule has 122 valence electrons. The van der Waals surface area contributed by atoms with Crippen LogP contribution in [0, 0.1) is 0 Å². The van der Waals surface area contributed by atoms with Crippen LogP contribution in [0.4, 0.5) is 0 Å². The number of hydrogen-bond donors (Lipinski definition) is 0. The minimum Gasteiger partial charge on any atom is -0.496 e. The predicted octanol–water partition coefficient (Wildman–Crippen LogP) is 4.67. The Morgan fingerprint density at radius 1 is 1.22 bits per heavy atom. The molecule has 2 aliphatic rings. The lowest BCUT2D eigenvalue weighted by molar-refractivity contribution is 0.295. The quantitative estimate of drug-likeness (QED) is 0.809. The molecule has 3 heteroatoms. The molecule has 1 fully saturated rings. The summed E-state index contributed by atoms with van der Waals surface area (Å²) in [4.78, 5) is 4.25. The Hall–Kier alpha value is -1.32. The normalized spacial score (nSPS) is 24.6. The smallest absolute Gasteiger partial charge is 0.122 e. The number of hydrogen-bond acceptors (Lipinski definition) is 3. The van der Waals surface area contributed by atoms with Gasteiger partial charge in [0.1, 0.15) is 5.75 Å². The molecule has 2 nitrogen and oxygen atoms in total. The standard InChI is InChI=1S/C20H25NOS/c1-22-19-8-3-6-17-15(5-2-7-18(17)19)13-21-11-10-16(14-21)20-9-4-12-23-20/h3-4,6,8-9,12,15-16H,2,5,7,10-11,13-14H2,1H3. The molecule has 0 amide bonds. The molecule has 0 N–H and O–H groups in total. The first-order valence-corrected chi connectivity index (χ1v) is 9.64. The molecule has 1 aromatic heterocycles. The van der Waals surface area contributed by atoms with Gasteiger partial charge in [-0.3, -0.25) is 0 Å². The van der Waals surface area contributed by atoms with E-state index in [-0.39, 0.29) is 0 Å². The van der Waals surface area contributed by atoms with Crippen LogP contribution in [0.2, 0.25) is 0 Å². The van der Waals surface area contributed by atoms with Crippen molar-refractivity contribution in [1.29, 1.82) is 0 Å². The maximum absolute atomic E-state index is 5.58. The summed E-state index contributed by atoms with van der Waals surface area (Å²) < 4.78 is 5.58. The van der Waals surface area contributed by atoms with E-state index in [1.807, 2.05) is 11.3 Å². The first kappa shape index (κ1) is 15.2. The lowest BCUT2D eigenvalue weighted by Gasteiger charge is -2.30. The van der Waals surface area contributed by atoms with E-state index in [1.165, 1.54) is 56.4 Å². The van der Waals surface area contributed by atoms with Crippen molar-refractivity contribution in [3.05, 3.63) is 51.7 Å². The van der Waals surface area contributed by atoms with Crippen LogP contribution >= 0.6 is 11.3 Å². The number of fused-ring (bicyclic) bond motifs is 1. The van der Waals surface area contributed by atoms with Gasteiger partial charge in [0, 0.05) is 23.9 Å². The summed E-state index contributed by atoms with van der Waals surface area (Å²) in [6.07, 6.45) is 5.10. The lowest BCUT2D eigenvalue weighted by Crippen LogP contribution is -2.28. The molecular weight excluding hydrogens is 302 g/mol. The molecule has 1 saturated heterocycles. The number of ether oxygens (including phenoxy) is 1. The van der Waals surface area contributed by atoms with Crippen molar-refractivity contribution in [3.63, 3.8) is 0 Å². The molecule has 23 heavy (non-hydrogen) atoms. The second-order valence-electron chi connectivity index (χ2n) is 6.88. The van der Waals surface area contributed by atoms with Gasteiger partial charge in [-0.05, 0) is 66.8 Å². The van der Waals surface area contributed by atoms with Crippen molar-refractivity contribution in [1.82, 2.24) is 4.90 Å². The van der Waals surface area contributed by atoms with Crippen LogP contribution in [-0.4, -0.2) is 31.6 Å². The van der Waals surface area contributed by atoms with Gasteiger partial charge in [-0.15, -0.1) is 11.3 Å². The van der Waals surface area contributed by atoms with E-state index in [1.54, 1.807) is 12.0 Å². The molecule has 0 saturated carbocycles. The van der Waals surface area contributed by atoms with Gasteiger partial charge >= 0.3 is 0 Å². The summed E-state index contributed by atoms with van der Waals surface area (Å²) in [5.74, 6) is 2.52. The van der Waals surface area contributed by atoms with Crippen LogP contribution < -0.4 is 4.74 Å². The fourth-order valence-electron chi connectivity index (χ4n) is 4.36. The SMILES string of the molecule is COc1cccc2c1CCCC2CN1CCC(c2cccs2)C1. The van der Waals surface area contributed by atoms with Crippen molar-refractivity contribution >= 4 is 11.3 Å². The molecule has 0 bridgehead atoms. The minimum absolute atomic E-state index is 0.677. The fourth-order valence-corrected chi connectivity index (χ4v) is 5.22. The molecule has 2 atom stereocenters. The molecule has 0 spiro atoms. The molecule has 2 aromatic rings. The summed E-state index contributed by atoms with van der Waals surface area (Å²) in [6.45, 7) is 3.69. The molecule has 1 aliphatic carbocycles. The highest BCUT2D eigenvalue weighted by atomic mass is 32.1. The molecule has 1 aromatic carbocycles. The van der Waals surface area contributed by atoms with Gasteiger partial charge in [0.05, 0.1) is 7.11 Å². The van der Waals surface area contributed by atoms with E-state index < -0.39 is 0 Å². The molecular formula is C20H25NOS. The van der Waals surface area contributed by atoms with Crippen molar-refractivity contribution in [3.8, 4) is 5.75 Å². The Kier molecular flexibility index (Phi) is 4.41. The zero-order valence-electron chi connectivity index (χ0n) is 13.8. The van der Waals surface area contributed by atoms with Crippen molar-refractivity contribution in [2.24, 2.45) is 0 Å². The first-order chi connectivity index (χ1) is 11.3. The van der Waals surface area contributed by atoms with Crippen LogP contribution in [0.25, 0.3) is 0 Å². The third kappa shape index (κ3) is 3.05. The van der Waals surface area contributed by atoms with Crippen LogP contribution in [0.1, 0.15) is 47.1 Å². The average molecular weight is 327 g/mol. The van der Waals surface area contributed by atoms with E-state index in [0.29, 0.717) is 5.92 Å². The Bertz CT molecular complexity index is 652. The molecule has 4 rings (SSSR count). The van der Waals surface area contributed by atoms with Gasteiger partial charge in [-0.1, -0.05) is 18.2 Å². The zero-order valence-corrected chi connectivity index (χ0v) is 14.6. The topological polar surface area (TPSA) is 12.5 Å². The highest BCUT2D eigenvalue weighted by Gasteiger charge is 2.29. The minimum atomic E-state index is 0.677. The lowest BCUT2D eigenvalue weighted by atomic mass is 9.82. The number of benzene rings is 1. The van der Waals surface area contributed by atoms with Gasteiger partial charge in [-0.25, -0.2) is 0 Å². The van der Waals surface area contributed by atoms with E-state index in [2.05, 4.69) is 40.6 Å². The van der Waals surface area contributed by atoms with E-state index in [0.717, 1.165) is 11.7 Å². The zero-order chi connectivity index (χ0) is 15.6. The van der Waals surface area contributed by atoms with Crippen LogP contribution in [0.15, 0.2) is 35.7 Å². The predicted molar refractivity (Wildman–Crippen MR) is 96.8 cm³/mol. The first-order valence-electron chi connectivity index (χ1n) is 8.76. The maximum Gasteiger partial charge on any atom is 0.122 e. The Balaban J connectivity index is 1.47. The third-order valence-electron chi connectivity index (χ3n) is 5.50. The van der Waals surface area contributed by atoms with Crippen molar-refractivity contribution in [2.75, 3.05) is 26.7 Å². The Morgan fingerprint density at radius 3 is 3.00 bits per heavy atom. The highest BCUT2D eigenvalue weighted by Crippen LogP contribution is 2.38. The molecule has 2 heterocycles. The number of nitrogens with zero attached hydrogens (tertiary/aromatic N) is 1. The fraction of sp³-hybridized carbons (Fsp3) is 0.500. The van der Waals surface area contributed by atoms with Crippen LogP contribution in [-0.2, 0) is 6.42 Å². The third-order valence-corrected chi connectivity index (χ3v) is 6.54. The Morgan fingerprint density at radius 2 is 2.17 bits per heavy atom. The van der Waals surface area contributed by atoms with E-state index in [9.17, 15) is 0 Å². The molecule has 2 unspecified atom stereocenters. The maximum atomic E-state index is 5.58. The number of thiophene rings is 1. The largest absolute Gasteiger partial charge is 0.496 e. The van der Waals surface area contributed by atoms with Gasteiger partial charge < -0.3 is 9.64 Å². The average Bonchev–Trinajstić information content (AvgIpc) is 3.26. The van der Waals surface area contributed by atoms with Gasteiger partial charge in [0.15, 0.2) is 0 Å². The Labute approximate surface area is 143 Å². The van der Waals surface area contributed by atoms with Crippen molar-refractivity contribution in [2.45, 2.75) is 37.5 Å².